The zero-order valence-electron chi connectivity index (χ0n) is 13.1. The Hall–Kier alpha value is -1.56. The molecule has 1 aromatic rings. The van der Waals surface area contributed by atoms with Crippen molar-refractivity contribution in [3.05, 3.63) is 54.8 Å². The van der Waals surface area contributed by atoms with Gasteiger partial charge in [0.2, 0.25) is 0 Å². The van der Waals surface area contributed by atoms with Gasteiger partial charge in [0.25, 0.3) is 5.91 Å². The van der Waals surface area contributed by atoms with Crippen LogP contribution in [0.25, 0.3) is 0 Å². The first-order valence-corrected chi connectivity index (χ1v) is 6.08. The number of rotatable bonds is 3. The standard InChI is InChI=1S/C13H19NO.3CO.Cr/c1-5-14(6-2)13(15)12-10(3)8-7-9-11(12)4;3*1-2;/h7-9H,5-6H2,1-4H3;;;;. The predicted molar refractivity (Wildman–Crippen MR) is 75.0 cm³/mol. The molecule has 0 saturated carbocycles. The van der Waals surface area contributed by atoms with Gasteiger partial charge in [0.15, 0.2) is 0 Å². The summed E-state index contributed by atoms with van der Waals surface area (Å²) < 4.78 is 22.5. The smallest absolute Gasteiger partial charge is 0 e. The Morgan fingerprint density at radius 3 is 1.55 bits per heavy atom. The van der Waals surface area contributed by atoms with Gasteiger partial charge >= 0.3 is 33.9 Å². The fourth-order valence-corrected chi connectivity index (χ4v) is 1.82. The Balaban J connectivity index is -0.000000206. The van der Waals surface area contributed by atoms with Crippen LogP contribution in [-0.2, 0) is 31.3 Å². The maximum absolute atomic E-state index is 12.2. The minimum Gasteiger partial charge on any atom is 0 e. The summed E-state index contributed by atoms with van der Waals surface area (Å²) in [5, 5.41) is 0. The third-order valence-corrected chi connectivity index (χ3v) is 2.75. The van der Waals surface area contributed by atoms with Crippen molar-refractivity contribution in [1.82, 2.24) is 4.90 Å². The van der Waals surface area contributed by atoms with Crippen LogP contribution in [0.5, 0.6) is 0 Å². The van der Waals surface area contributed by atoms with Gasteiger partial charge in [0, 0.05) is 36.0 Å². The molecule has 0 spiro atoms. The number of carbonyl (C=O) groups excluding carboxylic acids is 1. The molecule has 0 unspecified atom stereocenters. The van der Waals surface area contributed by atoms with Crippen LogP contribution in [0.4, 0.5) is 0 Å². The molecule has 0 aliphatic rings. The average molecular weight is 341 g/mol. The molecule has 0 heterocycles. The first-order chi connectivity index (χ1) is 10.1. The number of carbonyl (C=O) groups is 1. The van der Waals surface area contributed by atoms with Crippen molar-refractivity contribution >= 4 is 5.91 Å². The molecule has 0 aliphatic carbocycles. The quantitative estimate of drug-likeness (QED) is 0.615. The van der Waals surface area contributed by atoms with Crippen LogP contribution in [0, 0.1) is 33.8 Å². The van der Waals surface area contributed by atoms with E-state index in [-0.39, 0.29) is 23.3 Å². The molecule has 1 rings (SSSR count). The van der Waals surface area contributed by atoms with E-state index < -0.39 is 0 Å². The van der Waals surface area contributed by atoms with Gasteiger partial charge in [0.1, 0.15) is 0 Å². The monoisotopic (exact) mass is 341 g/mol. The van der Waals surface area contributed by atoms with Crippen molar-refractivity contribution < 1.29 is 36.1 Å². The Bertz CT molecular complexity index is 442. The maximum atomic E-state index is 12.2. The zero-order chi connectivity index (χ0) is 17.4. The van der Waals surface area contributed by atoms with E-state index >= 15 is 0 Å². The van der Waals surface area contributed by atoms with Gasteiger partial charge in [-0.2, -0.15) is 0 Å². The molecule has 1 aromatic carbocycles. The second-order valence-corrected chi connectivity index (χ2v) is 3.74. The summed E-state index contributed by atoms with van der Waals surface area (Å²) in [4.78, 5) is 14.0. The largest absolute Gasteiger partial charge is 0 e. The molecule has 22 heavy (non-hydrogen) atoms. The third kappa shape index (κ3) is 9.39. The van der Waals surface area contributed by atoms with E-state index in [0.717, 1.165) is 29.8 Å². The summed E-state index contributed by atoms with van der Waals surface area (Å²) in [5.41, 5.74) is 2.99. The van der Waals surface area contributed by atoms with Crippen molar-refractivity contribution in [3.8, 4) is 0 Å². The van der Waals surface area contributed by atoms with E-state index in [1.54, 1.807) is 0 Å². The van der Waals surface area contributed by atoms with E-state index in [1.165, 1.54) is 0 Å². The molecule has 0 atom stereocenters. The molecule has 0 bridgehead atoms. The van der Waals surface area contributed by atoms with Crippen molar-refractivity contribution in [3.63, 3.8) is 0 Å². The molecule has 5 nitrogen and oxygen atoms in total. The Labute approximate surface area is 143 Å². The van der Waals surface area contributed by atoms with Gasteiger partial charge < -0.3 is 4.90 Å². The molecule has 0 fully saturated rings. The molecule has 0 saturated heterocycles. The van der Waals surface area contributed by atoms with Gasteiger partial charge in [-0.1, -0.05) is 18.2 Å². The molecule has 6 heteroatoms. The Kier molecular flexibility index (Phi) is 25.3. The number of hydrogen-bond donors (Lipinski definition) is 0. The number of aryl methyl sites for hydroxylation is 2. The molecule has 0 aliphatic heterocycles. The normalized spacial score (nSPS) is 7.18. The molecular weight excluding hydrogens is 322 g/mol. The predicted octanol–water partition coefficient (Wildman–Crippen LogP) is 2.67. The first-order valence-electron chi connectivity index (χ1n) is 6.08. The summed E-state index contributed by atoms with van der Waals surface area (Å²) in [6.07, 6.45) is 0. The van der Waals surface area contributed by atoms with E-state index in [0.29, 0.717) is 0 Å². The van der Waals surface area contributed by atoms with Crippen molar-refractivity contribution in [2.24, 2.45) is 0 Å². The van der Waals surface area contributed by atoms with Gasteiger partial charge in [-0.25, -0.2) is 0 Å². The van der Waals surface area contributed by atoms with E-state index in [9.17, 15) is 4.79 Å². The Morgan fingerprint density at radius 2 is 1.27 bits per heavy atom. The van der Waals surface area contributed by atoms with Crippen molar-refractivity contribution in [2.75, 3.05) is 13.1 Å². The molecule has 0 aromatic heterocycles. The number of amides is 1. The van der Waals surface area contributed by atoms with Gasteiger partial charge in [-0.15, -0.1) is 0 Å². The fraction of sp³-hybridized carbons (Fsp3) is 0.375. The Morgan fingerprint density at radius 1 is 0.955 bits per heavy atom. The summed E-state index contributed by atoms with van der Waals surface area (Å²) in [6.45, 7) is 23.0. The zero-order valence-corrected chi connectivity index (χ0v) is 14.4. The van der Waals surface area contributed by atoms with E-state index in [1.807, 2.05) is 50.8 Å². The summed E-state index contributed by atoms with van der Waals surface area (Å²) >= 11 is 0. The van der Waals surface area contributed by atoms with Crippen LogP contribution in [-0.4, -0.2) is 23.9 Å². The van der Waals surface area contributed by atoms with E-state index in [2.05, 4.69) is 20.0 Å². The SMILES string of the molecule is CCN(CC)C(=O)c1c(C)cccc1C.[C-]#[O+].[C-]#[O+].[C-]#[O+].[Cr]. The van der Waals surface area contributed by atoms with Gasteiger partial charge in [-0.3, -0.25) is 4.79 Å². The van der Waals surface area contributed by atoms with Gasteiger partial charge in [-0.05, 0) is 38.8 Å². The maximum Gasteiger partial charge on any atom is 0 e. The second kappa shape index (κ2) is 19.4. The van der Waals surface area contributed by atoms with Crippen molar-refractivity contribution in [2.45, 2.75) is 27.7 Å². The van der Waals surface area contributed by atoms with Crippen LogP contribution in [0.1, 0.15) is 35.3 Å². The topological polar surface area (TPSA) is 80.0 Å². The molecule has 0 N–H and O–H groups in total. The fourth-order valence-electron chi connectivity index (χ4n) is 1.82. The van der Waals surface area contributed by atoms with Crippen LogP contribution >= 0.6 is 0 Å². The molecule has 1 amide bonds. The average Bonchev–Trinajstić information content (AvgIpc) is 2.54. The summed E-state index contributed by atoms with van der Waals surface area (Å²) in [6, 6.07) is 5.97. The van der Waals surface area contributed by atoms with Crippen LogP contribution < -0.4 is 0 Å². The molecule has 118 valence electrons. The number of benzene rings is 1. The van der Waals surface area contributed by atoms with E-state index in [4.69, 9.17) is 14.0 Å². The van der Waals surface area contributed by atoms with Crippen LogP contribution in [0.2, 0.25) is 0 Å². The number of nitrogens with zero attached hydrogens (tertiary/aromatic N) is 1. The van der Waals surface area contributed by atoms with Crippen LogP contribution in [0.15, 0.2) is 18.2 Å². The molecular formula is C16H19CrNO4. The minimum absolute atomic E-state index is 0. The van der Waals surface area contributed by atoms with Gasteiger partial charge in [0.05, 0.1) is 0 Å². The molecule has 0 radical (unpaired) electrons. The minimum atomic E-state index is 0. The van der Waals surface area contributed by atoms with Crippen molar-refractivity contribution in [1.29, 1.82) is 0 Å². The number of hydrogen-bond acceptors (Lipinski definition) is 1. The summed E-state index contributed by atoms with van der Waals surface area (Å²) in [5.74, 6) is 0.149. The third-order valence-electron chi connectivity index (χ3n) is 2.75. The first kappa shape index (κ1) is 28.6. The second-order valence-electron chi connectivity index (χ2n) is 3.74. The summed E-state index contributed by atoms with van der Waals surface area (Å²) in [7, 11) is 0. The van der Waals surface area contributed by atoms with Crippen LogP contribution in [0.3, 0.4) is 0 Å².